The van der Waals surface area contributed by atoms with Gasteiger partial charge in [0, 0.05) is 24.6 Å². The summed E-state index contributed by atoms with van der Waals surface area (Å²) in [5.74, 6) is -0.868. The normalized spacial score (nSPS) is 17.7. The minimum Gasteiger partial charge on any atom is -0.481 e. The number of benzene rings is 1. The van der Waals surface area contributed by atoms with Gasteiger partial charge in [-0.1, -0.05) is 0 Å². The Balaban J connectivity index is 1.72. The molecule has 8 nitrogen and oxygen atoms in total. The van der Waals surface area contributed by atoms with Gasteiger partial charge in [0.05, 0.1) is 5.69 Å². The number of nitrogens with zero attached hydrogens (tertiary/aromatic N) is 5. The fourth-order valence-electron chi connectivity index (χ4n) is 3.06. The quantitative estimate of drug-likeness (QED) is 0.892. The van der Waals surface area contributed by atoms with Crippen LogP contribution in [0.3, 0.4) is 0 Å². The molecule has 1 atom stereocenters. The fourth-order valence-corrected chi connectivity index (χ4v) is 3.06. The van der Waals surface area contributed by atoms with Crippen molar-refractivity contribution in [3.8, 4) is 5.69 Å². The average molecular weight is 329 g/mol. The number of carbonyl (C=O) groups is 2. The largest absolute Gasteiger partial charge is 0.481 e. The number of piperidine rings is 1. The number of likely N-dealkylation sites (tertiary alicyclic amines) is 1. The third-order valence-electron chi connectivity index (χ3n) is 4.31. The van der Waals surface area contributed by atoms with E-state index in [1.165, 1.54) is 11.0 Å². The van der Waals surface area contributed by atoms with E-state index >= 15 is 0 Å². The molecule has 8 heteroatoms. The zero-order chi connectivity index (χ0) is 16.9. The molecule has 1 fully saturated rings. The Morgan fingerprint density at radius 1 is 1.21 bits per heavy atom. The first kappa shape index (κ1) is 16.1. The van der Waals surface area contributed by atoms with Gasteiger partial charge >= 0.3 is 5.97 Å². The summed E-state index contributed by atoms with van der Waals surface area (Å²) >= 11 is 0. The van der Waals surface area contributed by atoms with Crippen LogP contribution in [-0.4, -0.2) is 54.7 Å². The Bertz CT molecular complexity index is 699. The summed E-state index contributed by atoms with van der Waals surface area (Å²) in [6, 6.07) is 7.09. The first-order valence-electron chi connectivity index (χ1n) is 8.01. The SMILES string of the molecule is O=C(O)CC[C@@H]1CCCCN1C(=O)c1ccc(-n2cnnn2)cc1. The average Bonchev–Trinajstić information content (AvgIpc) is 3.14. The lowest BCUT2D eigenvalue weighted by atomic mass is 9.97. The predicted molar refractivity (Wildman–Crippen MR) is 84.7 cm³/mol. The lowest BCUT2D eigenvalue weighted by Crippen LogP contribution is -2.43. The molecule has 1 saturated heterocycles. The Labute approximate surface area is 139 Å². The summed E-state index contributed by atoms with van der Waals surface area (Å²) in [4.78, 5) is 25.4. The van der Waals surface area contributed by atoms with E-state index in [2.05, 4.69) is 15.5 Å². The third kappa shape index (κ3) is 3.58. The van der Waals surface area contributed by atoms with Crippen LogP contribution in [0, 0.1) is 0 Å². The van der Waals surface area contributed by atoms with Crippen molar-refractivity contribution in [3.05, 3.63) is 36.2 Å². The molecule has 126 valence electrons. The molecule has 2 heterocycles. The van der Waals surface area contributed by atoms with Crippen LogP contribution in [0.25, 0.3) is 5.69 Å². The Kier molecular flexibility index (Phi) is 4.83. The molecule has 1 N–H and O–H groups in total. The molecule has 0 saturated carbocycles. The number of aliphatic carboxylic acids is 1. The van der Waals surface area contributed by atoms with E-state index in [0.717, 1.165) is 24.9 Å². The highest BCUT2D eigenvalue weighted by molar-refractivity contribution is 5.94. The van der Waals surface area contributed by atoms with Crippen LogP contribution in [-0.2, 0) is 4.79 Å². The molecule has 1 aliphatic rings. The number of hydrogen-bond donors (Lipinski definition) is 1. The molecule has 1 aromatic carbocycles. The number of tetrazole rings is 1. The van der Waals surface area contributed by atoms with Gasteiger partial charge in [0.25, 0.3) is 5.91 Å². The second-order valence-corrected chi connectivity index (χ2v) is 5.88. The number of rotatable bonds is 5. The molecule has 3 rings (SSSR count). The van der Waals surface area contributed by atoms with Gasteiger partial charge < -0.3 is 10.0 Å². The Morgan fingerprint density at radius 3 is 2.67 bits per heavy atom. The monoisotopic (exact) mass is 329 g/mol. The van der Waals surface area contributed by atoms with Crippen LogP contribution in [0.15, 0.2) is 30.6 Å². The van der Waals surface area contributed by atoms with Crippen LogP contribution in [0.1, 0.15) is 42.5 Å². The van der Waals surface area contributed by atoms with Gasteiger partial charge in [-0.25, -0.2) is 4.68 Å². The number of carboxylic acid groups (broad SMARTS) is 1. The molecule has 1 amide bonds. The second kappa shape index (κ2) is 7.20. The molecule has 1 aliphatic heterocycles. The van der Waals surface area contributed by atoms with Gasteiger partial charge in [-0.05, 0) is 60.4 Å². The van der Waals surface area contributed by atoms with Gasteiger partial charge in [-0.2, -0.15) is 0 Å². The summed E-state index contributed by atoms with van der Waals surface area (Å²) in [6.07, 6.45) is 4.94. The molecule has 24 heavy (non-hydrogen) atoms. The molecule has 0 bridgehead atoms. The minimum atomic E-state index is -0.821. The van der Waals surface area contributed by atoms with Crippen molar-refractivity contribution >= 4 is 11.9 Å². The molecule has 1 aromatic heterocycles. The van der Waals surface area contributed by atoms with Crippen LogP contribution in [0.5, 0.6) is 0 Å². The van der Waals surface area contributed by atoms with Gasteiger partial charge in [0.2, 0.25) is 0 Å². The highest BCUT2D eigenvalue weighted by atomic mass is 16.4. The van der Waals surface area contributed by atoms with Crippen molar-refractivity contribution in [1.82, 2.24) is 25.1 Å². The first-order valence-corrected chi connectivity index (χ1v) is 8.01. The summed E-state index contributed by atoms with van der Waals surface area (Å²) in [5, 5.41) is 19.9. The van der Waals surface area contributed by atoms with E-state index in [4.69, 9.17) is 5.11 Å². The molecule has 0 unspecified atom stereocenters. The van der Waals surface area contributed by atoms with E-state index in [1.54, 1.807) is 24.3 Å². The number of aromatic nitrogens is 4. The first-order chi connectivity index (χ1) is 11.6. The number of carbonyl (C=O) groups excluding carboxylic acids is 1. The maximum Gasteiger partial charge on any atom is 0.303 e. The van der Waals surface area contributed by atoms with E-state index in [1.807, 2.05) is 4.90 Å². The lowest BCUT2D eigenvalue weighted by Gasteiger charge is -2.35. The van der Waals surface area contributed by atoms with Crippen LogP contribution >= 0.6 is 0 Å². The molecule has 2 aromatic rings. The highest BCUT2D eigenvalue weighted by Crippen LogP contribution is 2.23. The van der Waals surface area contributed by atoms with Gasteiger partial charge in [-0.15, -0.1) is 5.10 Å². The maximum absolute atomic E-state index is 12.8. The van der Waals surface area contributed by atoms with Crippen LogP contribution < -0.4 is 0 Å². The highest BCUT2D eigenvalue weighted by Gasteiger charge is 2.27. The number of amides is 1. The van der Waals surface area contributed by atoms with E-state index < -0.39 is 5.97 Å². The van der Waals surface area contributed by atoms with Gasteiger partial charge in [0.15, 0.2) is 0 Å². The van der Waals surface area contributed by atoms with Crippen LogP contribution in [0.2, 0.25) is 0 Å². The number of carboxylic acids is 1. The van der Waals surface area contributed by atoms with Crippen molar-refractivity contribution in [1.29, 1.82) is 0 Å². The molecule has 0 spiro atoms. The van der Waals surface area contributed by atoms with Crippen molar-refractivity contribution in [2.24, 2.45) is 0 Å². The zero-order valence-electron chi connectivity index (χ0n) is 13.2. The zero-order valence-corrected chi connectivity index (χ0v) is 13.2. The standard InChI is InChI=1S/C16H19N5O3/c22-15(23)9-8-13-3-1-2-10-20(13)16(24)12-4-6-14(7-5-12)21-11-17-18-19-21/h4-7,11,13H,1-3,8-10H2,(H,22,23)/t13-/m0/s1. The fraction of sp³-hybridized carbons (Fsp3) is 0.438. The summed E-state index contributed by atoms with van der Waals surface area (Å²) < 4.78 is 1.52. The van der Waals surface area contributed by atoms with E-state index in [0.29, 0.717) is 18.5 Å². The summed E-state index contributed by atoms with van der Waals surface area (Å²) in [5.41, 5.74) is 1.37. The predicted octanol–water partition coefficient (Wildman–Crippen LogP) is 1.52. The topological polar surface area (TPSA) is 101 Å². The lowest BCUT2D eigenvalue weighted by molar-refractivity contribution is -0.137. The second-order valence-electron chi connectivity index (χ2n) is 5.88. The van der Waals surface area contributed by atoms with E-state index in [-0.39, 0.29) is 18.4 Å². The van der Waals surface area contributed by atoms with Gasteiger partial charge in [-0.3, -0.25) is 9.59 Å². The molecule has 0 aliphatic carbocycles. The third-order valence-corrected chi connectivity index (χ3v) is 4.31. The van der Waals surface area contributed by atoms with Gasteiger partial charge in [0.1, 0.15) is 6.33 Å². The molecular weight excluding hydrogens is 310 g/mol. The molecule has 0 radical (unpaired) electrons. The smallest absolute Gasteiger partial charge is 0.303 e. The summed E-state index contributed by atoms with van der Waals surface area (Å²) in [6.45, 7) is 0.678. The Morgan fingerprint density at radius 2 is 2.00 bits per heavy atom. The summed E-state index contributed by atoms with van der Waals surface area (Å²) in [7, 11) is 0. The maximum atomic E-state index is 12.8. The molecular formula is C16H19N5O3. The Hall–Kier alpha value is -2.77. The minimum absolute atomic E-state index is 0.00143. The van der Waals surface area contributed by atoms with Crippen molar-refractivity contribution in [2.75, 3.05) is 6.54 Å². The van der Waals surface area contributed by atoms with Crippen LogP contribution in [0.4, 0.5) is 0 Å². The van der Waals surface area contributed by atoms with Crippen molar-refractivity contribution in [3.63, 3.8) is 0 Å². The van der Waals surface area contributed by atoms with E-state index in [9.17, 15) is 9.59 Å². The van der Waals surface area contributed by atoms with Crippen molar-refractivity contribution < 1.29 is 14.7 Å². The number of hydrogen-bond acceptors (Lipinski definition) is 5. The van der Waals surface area contributed by atoms with Crippen molar-refractivity contribution in [2.45, 2.75) is 38.1 Å².